The van der Waals surface area contributed by atoms with E-state index in [-0.39, 0.29) is 18.1 Å². The van der Waals surface area contributed by atoms with Crippen molar-refractivity contribution in [2.24, 2.45) is 5.73 Å². The molecule has 110 valence electrons. The van der Waals surface area contributed by atoms with Gasteiger partial charge in [-0.2, -0.15) is 0 Å². The van der Waals surface area contributed by atoms with Crippen LogP contribution in [0.1, 0.15) is 36.4 Å². The molecule has 0 radical (unpaired) electrons. The number of hydrogen-bond acceptors (Lipinski definition) is 3. The molecule has 1 fully saturated rings. The number of rotatable bonds is 5. The zero-order chi connectivity index (χ0) is 14.5. The Morgan fingerprint density at radius 2 is 2.25 bits per heavy atom. The molecule has 0 aromatic heterocycles. The first-order chi connectivity index (χ1) is 9.67. The molecule has 1 heterocycles. The highest BCUT2D eigenvalue weighted by molar-refractivity contribution is 5.77. The van der Waals surface area contributed by atoms with E-state index in [4.69, 9.17) is 10.5 Å². The molecule has 2 N–H and O–H groups in total. The number of hydrogen-bond donors (Lipinski definition) is 1. The second-order valence-electron chi connectivity index (χ2n) is 5.40. The first-order valence-electron chi connectivity index (χ1n) is 7.25. The van der Waals surface area contributed by atoms with E-state index in [0.29, 0.717) is 13.0 Å². The predicted molar refractivity (Wildman–Crippen MR) is 79.3 cm³/mol. The Hall–Kier alpha value is -1.39. The summed E-state index contributed by atoms with van der Waals surface area (Å²) in [7, 11) is 1.60. The van der Waals surface area contributed by atoms with Crippen LogP contribution in [0.3, 0.4) is 0 Å². The third kappa shape index (κ3) is 3.19. The molecule has 2 unspecified atom stereocenters. The number of methoxy groups -OCH3 is 1. The predicted octanol–water partition coefficient (Wildman–Crippen LogP) is 2.02. The van der Waals surface area contributed by atoms with Gasteiger partial charge >= 0.3 is 0 Å². The average Bonchev–Trinajstić information content (AvgIpc) is 2.94. The molecule has 4 nitrogen and oxygen atoms in total. The van der Waals surface area contributed by atoms with Crippen molar-refractivity contribution in [1.82, 2.24) is 4.90 Å². The first kappa shape index (κ1) is 15.0. The van der Waals surface area contributed by atoms with Crippen LogP contribution in [0.4, 0.5) is 0 Å². The van der Waals surface area contributed by atoms with Crippen LogP contribution in [0.2, 0.25) is 0 Å². The zero-order valence-electron chi connectivity index (χ0n) is 12.3. The maximum atomic E-state index is 12.5. The Kier molecular flexibility index (Phi) is 5.15. The summed E-state index contributed by atoms with van der Waals surface area (Å²) in [5.74, 6) is 0.146. The van der Waals surface area contributed by atoms with Crippen molar-refractivity contribution < 1.29 is 9.53 Å². The van der Waals surface area contributed by atoms with Crippen molar-refractivity contribution in [2.45, 2.75) is 38.3 Å². The van der Waals surface area contributed by atoms with Crippen molar-refractivity contribution in [3.63, 3.8) is 0 Å². The Labute approximate surface area is 120 Å². The monoisotopic (exact) mass is 276 g/mol. The summed E-state index contributed by atoms with van der Waals surface area (Å²) in [6.07, 6.45) is 2.29. The Morgan fingerprint density at radius 1 is 1.50 bits per heavy atom. The quantitative estimate of drug-likeness (QED) is 0.895. The Morgan fingerprint density at radius 3 is 2.90 bits per heavy atom. The van der Waals surface area contributed by atoms with E-state index in [1.165, 1.54) is 11.1 Å². The molecule has 1 saturated heterocycles. The van der Waals surface area contributed by atoms with E-state index in [1.54, 1.807) is 7.11 Å². The molecule has 2 rings (SSSR count). The normalized spacial score (nSPS) is 20.1. The summed E-state index contributed by atoms with van der Waals surface area (Å²) in [6, 6.07) is 8.52. The number of nitrogens with two attached hydrogens (primary N) is 1. The van der Waals surface area contributed by atoms with E-state index >= 15 is 0 Å². The van der Waals surface area contributed by atoms with E-state index in [2.05, 4.69) is 19.1 Å². The van der Waals surface area contributed by atoms with Gasteiger partial charge in [-0.25, -0.2) is 0 Å². The Bertz CT molecular complexity index is 458. The highest BCUT2D eigenvalue weighted by Crippen LogP contribution is 2.34. The standard InChI is InChI=1S/C16H24N2O2/c1-12-6-3-4-7-14(12)15-8-5-9-18(15)16(19)10-13(11-17)20-2/h3-4,6-7,13,15H,5,8-11,17H2,1-2H3. The summed E-state index contributed by atoms with van der Waals surface area (Å²) < 4.78 is 5.22. The van der Waals surface area contributed by atoms with Gasteiger partial charge < -0.3 is 15.4 Å². The molecule has 4 heteroatoms. The van der Waals surface area contributed by atoms with E-state index in [0.717, 1.165) is 19.4 Å². The minimum absolute atomic E-state index is 0.146. The number of ether oxygens (including phenoxy) is 1. The van der Waals surface area contributed by atoms with Crippen LogP contribution in [0.25, 0.3) is 0 Å². The molecular formula is C16H24N2O2. The second kappa shape index (κ2) is 6.86. The molecular weight excluding hydrogens is 252 g/mol. The lowest BCUT2D eigenvalue weighted by atomic mass is 9.99. The minimum atomic E-state index is -0.180. The molecule has 20 heavy (non-hydrogen) atoms. The number of likely N-dealkylation sites (tertiary alicyclic amines) is 1. The van der Waals surface area contributed by atoms with Gasteiger partial charge in [-0.05, 0) is 30.9 Å². The molecule has 0 spiro atoms. The van der Waals surface area contributed by atoms with Crippen LogP contribution >= 0.6 is 0 Å². The van der Waals surface area contributed by atoms with Gasteiger partial charge in [0.2, 0.25) is 5.91 Å². The third-order valence-electron chi connectivity index (χ3n) is 4.12. The molecule has 0 aliphatic carbocycles. The van der Waals surface area contributed by atoms with Crippen molar-refractivity contribution in [2.75, 3.05) is 20.2 Å². The van der Waals surface area contributed by atoms with Gasteiger partial charge in [0.25, 0.3) is 0 Å². The number of carbonyl (C=O) groups is 1. The fourth-order valence-electron chi connectivity index (χ4n) is 2.92. The third-order valence-corrected chi connectivity index (χ3v) is 4.12. The summed E-state index contributed by atoms with van der Waals surface area (Å²) in [5.41, 5.74) is 8.12. The van der Waals surface area contributed by atoms with Crippen LogP contribution in [0, 0.1) is 6.92 Å². The summed E-state index contributed by atoms with van der Waals surface area (Å²) >= 11 is 0. The second-order valence-corrected chi connectivity index (χ2v) is 5.40. The number of nitrogens with zero attached hydrogens (tertiary/aromatic N) is 1. The highest BCUT2D eigenvalue weighted by Gasteiger charge is 2.31. The van der Waals surface area contributed by atoms with Crippen LogP contribution in [0.5, 0.6) is 0 Å². The van der Waals surface area contributed by atoms with Gasteiger partial charge in [0, 0.05) is 20.2 Å². The van der Waals surface area contributed by atoms with Crippen LogP contribution in [0.15, 0.2) is 24.3 Å². The number of carbonyl (C=O) groups excluding carboxylic acids is 1. The van der Waals surface area contributed by atoms with Crippen LogP contribution in [-0.2, 0) is 9.53 Å². The lowest BCUT2D eigenvalue weighted by Gasteiger charge is -2.27. The van der Waals surface area contributed by atoms with Gasteiger partial charge in [0.1, 0.15) is 0 Å². The van der Waals surface area contributed by atoms with Crippen molar-refractivity contribution in [3.8, 4) is 0 Å². The molecule has 1 aromatic rings. The molecule has 2 atom stereocenters. The molecule has 0 bridgehead atoms. The van der Waals surface area contributed by atoms with Crippen molar-refractivity contribution >= 4 is 5.91 Å². The first-order valence-corrected chi connectivity index (χ1v) is 7.25. The maximum absolute atomic E-state index is 12.5. The molecule has 1 amide bonds. The molecule has 0 saturated carbocycles. The van der Waals surface area contributed by atoms with E-state index in [9.17, 15) is 4.79 Å². The van der Waals surface area contributed by atoms with Gasteiger partial charge in [-0.1, -0.05) is 24.3 Å². The van der Waals surface area contributed by atoms with Crippen molar-refractivity contribution in [1.29, 1.82) is 0 Å². The number of amides is 1. The largest absolute Gasteiger partial charge is 0.380 e. The Balaban J connectivity index is 2.11. The summed E-state index contributed by atoms with van der Waals surface area (Å²) in [4.78, 5) is 14.4. The average molecular weight is 276 g/mol. The zero-order valence-corrected chi connectivity index (χ0v) is 12.3. The fourth-order valence-corrected chi connectivity index (χ4v) is 2.92. The SMILES string of the molecule is COC(CN)CC(=O)N1CCCC1c1ccccc1C. The summed E-state index contributed by atoms with van der Waals surface area (Å²) in [6.45, 7) is 3.32. The van der Waals surface area contributed by atoms with Gasteiger partial charge in [0.15, 0.2) is 0 Å². The van der Waals surface area contributed by atoms with Gasteiger partial charge in [-0.3, -0.25) is 4.79 Å². The summed E-state index contributed by atoms with van der Waals surface area (Å²) in [5, 5.41) is 0. The topological polar surface area (TPSA) is 55.6 Å². The number of aryl methyl sites for hydroxylation is 1. The fraction of sp³-hybridized carbons (Fsp3) is 0.562. The maximum Gasteiger partial charge on any atom is 0.225 e. The van der Waals surface area contributed by atoms with Gasteiger partial charge in [0.05, 0.1) is 18.6 Å². The lowest BCUT2D eigenvalue weighted by Crippen LogP contribution is -2.35. The van der Waals surface area contributed by atoms with Crippen LogP contribution in [-0.4, -0.2) is 37.1 Å². The molecule has 1 aliphatic rings. The number of benzene rings is 1. The van der Waals surface area contributed by atoms with Crippen molar-refractivity contribution in [3.05, 3.63) is 35.4 Å². The molecule has 1 aliphatic heterocycles. The van der Waals surface area contributed by atoms with E-state index in [1.807, 2.05) is 17.0 Å². The minimum Gasteiger partial charge on any atom is -0.380 e. The smallest absolute Gasteiger partial charge is 0.225 e. The molecule has 1 aromatic carbocycles. The van der Waals surface area contributed by atoms with Gasteiger partial charge in [-0.15, -0.1) is 0 Å². The lowest BCUT2D eigenvalue weighted by molar-refractivity contribution is -0.134. The van der Waals surface area contributed by atoms with Crippen LogP contribution < -0.4 is 5.73 Å². The van der Waals surface area contributed by atoms with E-state index < -0.39 is 0 Å². The highest BCUT2D eigenvalue weighted by atomic mass is 16.5.